The Morgan fingerprint density at radius 3 is 2.71 bits per heavy atom. The van der Waals surface area contributed by atoms with Gasteiger partial charge in [0.05, 0.1) is 18.6 Å². The van der Waals surface area contributed by atoms with Gasteiger partial charge in [0, 0.05) is 74.1 Å². The number of hydrogen-bond donors (Lipinski definition) is 2. The molecule has 176 valence electrons. The number of nitrogens with one attached hydrogen (secondary N) is 2. The number of likely N-dealkylation sites (N-methyl/N-ethyl adjacent to an activating group) is 2. The molecule has 2 aromatic rings. The van der Waals surface area contributed by atoms with Crippen LogP contribution in [-0.2, 0) is 11.3 Å². The molecule has 0 amide bonds. The van der Waals surface area contributed by atoms with Crippen LogP contribution in [0.5, 0.6) is 0 Å². The third-order valence-corrected chi connectivity index (χ3v) is 6.57. The highest BCUT2D eigenvalue weighted by Crippen LogP contribution is 2.41. The predicted molar refractivity (Wildman–Crippen MR) is 137 cm³/mol. The SMILES string of the molecule is CNCCN(C)c1ccc2c(-c3cccc(CN4CCOCC4)c3)c3ccc(=N)cc-3oc2c1. The maximum atomic E-state index is 8.13. The summed E-state index contributed by atoms with van der Waals surface area (Å²) in [7, 11) is 4.06. The lowest BCUT2D eigenvalue weighted by Gasteiger charge is -2.26. The third kappa shape index (κ3) is 4.71. The highest BCUT2D eigenvalue weighted by atomic mass is 16.5. The molecule has 0 saturated carbocycles. The van der Waals surface area contributed by atoms with Crippen LogP contribution >= 0.6 is 0 Å². The lowest BCUT2D eigenvalue weighted by atomic mass is 9.92. The van der Waals surface area contributed by atoms with E-state index < -0.39 is 0 Å². The van der Waals surface area contributed by atoms with E-state index in [1.54, 1.807) is 0 Å². The Labute approximate surface area is 200 Å². The summed E-state index contributed by atoms with van der Waals surface area (Å²) in [5.74, 6) is 0.739. The fourth-order valence-electron chi connectivity index (χ4n) is 4.68. The van der Waals surface area contributed by atoms with Gasteiger partial charge < -0.3 is 24.8 Å². The first-order chi connectivity index (χ1) is 16.6. The van der Waals surface area contributed by atoms with Gasteiger partial charge in [-0.3, -0.25) is 4.90 Å². The maximum absolute atomic E-state index is 8.13. The van der Waals surface area contributed by atoms with Crippen LogP contribution in [0.3, 0.4) is 0 Å². The zero-order chi connectivity index (χ0) is 23.5. The molecule has 6 heteroatoms. The molecule has 0 bridgehead atoms. The van der Waals surface area contributed by atoms with Crippen molar-refractivity contribution in [3.05, 3.63) is 71.6 Å². The van der Waals surface area contributed by atoms with Crippen LogP contribution in [0, 0.1) is 5.41 Å². The molecule has 6 nitrogen and oxygen atoms in total. The third-order valence-electron chi connectivity index (χ3n) is 6.57. The number of ether oxygens (including phenoxy) is 1. The molecule has 2 aromatic carbocycles. The Morgan fingerprint density at radius 2 is 1.88 bits per heavy atom. The molecule has 0 radical (unpaired) electrons. The Balaban J connectivity index is 1.61. The van der Waals surface area contributed by atoms with Gasteiger partial charge in [0.15, 0.2) is 0 Å². The quantitative estimate of drug-likeness (QED) is 0.409. The maximum Gasteiger partial charge on any atom is 0.137 e. The smallest absolute Gasteiger partial charge is 0.137 e. The van der Waals surface area contributed by atoms with Crippen molar-refractivity contribution in [3.8, 4) is 22.5 Å². The van der Waals surface area contributed by atoms with Gasteiger partial charge in [0.1, 0.15) is 11.3 Å². The molecule has 0 aromatic heterocycles. The number of hydrogen-bond acceptors (Lipinski definition) is 6. The molecular weight excluding hydrogens is 424 g/mol. The Bertz CT molecular complexity index is 1310. The van der Waals surface area contributed by atoms with Crippen molar-refractivity contribution in [2.75, 3.05) is 58.4 Å². The Kier molecular flexibility index (Phi) is 6.63. The number of benzene rings is 3. The number of nitrogens with zero attached hydrogens (tertiary/aromatic N) is 2. The van der Waals surface area contributed by atoms with Gasteiger partial charge in [0.2, 0.25) is 0 Å². The van der Waals surface area contributed by atoms with Crippen LogP contribution < -0.4 is 15.6 Å². The van der Waals surface area contributed by atoms with E-state index in [0.717, 1.165) is 79.5 Å². The van der Waals surface area contributed by atoms with Gasteiger partial charge >= 0.3 is 0 Å². The molecule has 0 unspecified atom stereocenters. The first kappa shape index (κ1) is 22.6. The van der Waals surface area contributed by atoms with E-state index in [1.807, 2.05) is 25.2 Å². The van der Waals surface area contributed by atoms with Gasteiger partial charge in [-0.15, -0.1) is 0 Å². The minimum atomic E-state index is 0.449. The summed E-state index contributed by atoms with van der Waals surface area (Å²) in [6.07, 6.45) is 0. The van der Waals surface area contributed by atoms with Gasteiger partial charge in [-0.2, -0.15) is 0 Å². The molecule has 2 heterocycles. The van der Waals surface area contributed by atoms with Crippen molar-refractivity contribution in [2.24, 2.45) is 0 Å². The second kappa shape index (κ2) is 9.97. The van der Waals surface area contributed by atoms with Crippen molar-refractivity contribution in [1.82, 2.24) is 10.2 Å². The molecule has 1 aliphatic carbocycles. The number of fused-ring (bicyclic) bond motifs is 2. The second-order valence-corrected chi connectivity index (χ2v) is 8.98. The summed E-state index contributed by atoms with van der Waals surface area (Å²) in [6.45, 7) is 6.27. The Hall–Kier alpha value is -3.19. The molecular formula is C28H32N4O2. The molecule has 5 rings (SSSR count). The number of morpholine rings is 1. The van der Waals surface area contributed by atoms with Crippen LogP contribution in [0.15, 0.2) is 65.1 Å². The molecule has 1 saturated heterocycles. The van der Waals surface area contributed by atoms with E-state index in [2.05, 4.69) is 64.6 Å². The van der Waals surface area contributed by atoms with E-state index in [9.17, 15) is 0 Å². The van der Waals surface area contributed by atoms with Crippen molar-refractivity contribution < 1.29 is 9.15 Å². The average molecular weight is 457 g/mol. The molecule has 3 aliphatic rings. The van der Waals surface area contributed by atoms with Crippen LogP contribution in [-0.4, -0.2) is 58.4 Å². The monoisotopic (exact) mass is 456 g/mol. The van der Waals surface area contributed by atoms with E-state index in [-0.39, 0.29) is 0 Å². The van der Waals surface area contributed by atoms with Crippen LogP contribution in [0.1, 0.15) is 5.56 Å². The number of rotatable bonds is 7. The molecule has 2 aliphatic heterocycles. The zero-order valence-corrected chi connectivity index (χ0v) is 19.9. The van der Waals surface area contributed by atoms with Gasteiger partial charge in [-0.25, -0.2) is 0 Å². The second-order valence-electron chi connectivity index (χ2n) is 8.98. The average Bonchev–Trinajstić information content (AvgIpc) is 2.86. The lowest BCUT2D eigenvalue weighted by Crippen LogP contribution is -2.35. The van der Waals surface area contributed by atoms with Crippen molar-refractivity contribution in [2.45, 2.75) is 6.54 Å². The van der Waals surface area contributed by atoms with E-state index in [4.69, 9.17) is 14.6 Å². The fourth-order valence-corrected chi connectivity index (χ4v) is 4.68. The standard InChI is InChI=1S/C28H32N4O2/c1-30-10-11-31(2)23-7-9-25-27(18-23)34-26-17-22(29)6-8-24(26)28(25)21-5-3-4-20(16-21)19-32-12-14-33-15-13-32/h3-9,16-18,29-30H,10-15,19H2,1-2H3. The summed E-state index contributed by atoms with van der Waals surface area (Å²) in [5.41, 5.74) is 6.60. The van der Waals surface area contributed by atoms with Crippen LogP contribution in [0.2, 0.25) is 0 Å². The van der Waals surface area contributed by atoms with E-state index in [1.165, 1.54) is 11.1 Å². The summed E-state index contributed by atoms with van der Waals surface area (Å²) >= 11 is 0. The minimum absolute atomic E-state index is 0.449. The van der Waals surface area contributed by atoms with Gasteiger partial charge in [0.25, 0.3) is 0 Å². The summed E-state index contributed by atoms with van der Waals surface area (Å²) in [5, 5.41) is 12.9. The van der Waals surface area contributed by atoms with Crippen molar-refractivity contribution in [1.29, 1.82) is 5.41 Å². The highest BCUT2D eigenvalue weighted by molar-refractivity contribution is 6.02. The van der Waals surface area contributed by atoms with Gasteiger partial charge in [-0.1, -0.05) is 18.2 Å². The molecule has 1 fully saturated rings. The van der Waals surface area contributed by atoms with Crippen LogP contribution in [0.4, 0.5) is 5.69 Å². The largest absolute Gasteiger partial charge is 0.456 e. The zero-order valence-electron chi connectivity index (χ0n) is 19.9. The number of anilines is 1. The summed E-state index contributed by atoms with van der Waals surface area (Å²) < 4.78 is 11.9. The van der Waals surface area contributed by atoms with Gasteiger partial charge in [-0.05, 0) is 48.5 Å². The Morgan fingerprint density at radius 1 is 1.03 bits per heavy atom. The fraction of sp³-hybridized carbons (Fsp3) is 0.321. The summed E-state index contributed by atoms with van der Waals surface area (Å²) in [4.78, 5) is 4.66. The van der Waals surface area contributed by atoms with E-state index >= 15 is 0 Å². The summed E-state index contributed by atoms with van der Waals surface area (Å²) in [6, 6.07) is 20.9. The molecule has 0 spiro atoms. The first-order valence-electron chi connectivity index (χ1n) is 11.9. The highest BCUT2D eigenvalue weighted by Gasteiger charge is 2.19. The predicted octanol–water partition coefficient (Wildman–Crippen LogP) is 4.17. The van der Waals surface area contributed by atoms with Crippen molar-refractivity contribution in [3.63, 3.8) is 0 Å². The first-order valence-corrected chi connectivity index (χ1v) is 11.9. The molecule has 2 N–H and O–H groups in total. The lowest BCUT2D eigenvalue weighted by molar-refractivity contribution is 0.0342. The van der Waals surface area contributed by atoms with Crippen LogP contribution in [0.25, 0.3) is 33.4 Å². The topological polar surface area (TPSA) is 64.7 Å². The molecule has 34 heavy (non-hydrogen) atoms. The van der Waals surface area contributed by atoms with E-state index in [0.29, 0.717) is 5.36 Å². The normalized spacial score (nSPS) is 14.6. The minimum Gasteiger partial charge on any atom is -0.456 e. The molecule has 0 atom stereocenters. The van der Waals surface area contributed by atoms with Crippen molar-refractivity contribution >= 4 is 16.7 Å².